The second kappa shape index (κ2) is 6.14. The minimum atomic E-state index is -4.50. The van der Waals surface area contributed by atoms with E-state index in [-0.39, 0.29) is 16.8 Å². The van der Waals surface area contributed by atoms with Crippen LogP contribution in [0.2, 0.25) is 5.02 Å². The van der Waals surface area contributed by atoms with E-state index in [4.69, 9.17) is 16.3 Å². The van der Waals surface area contributed by atoms with Gasteiger partial charge in [-0.2, -0.15) is 13.2 Å². The fourth-order valence-electron chi connectivity index (χ4n) is 1.20. The summed E-state index contributed by atoms with van der Waals surface area (Å²) in [6, 6.07) is 2.68. The Balaban J connectivity index is 2.86. The molecule has 0 radical (unpaired) electrons. The third-order valence-corrected chi connectivity index (χ3v) is 2.74. The summed E-state index contributed by atoms with van der Waals surface area (Å²) in [6.07, 6.45) is -5.06. The summed E-state index contributed by atoms with van der Waals surface area (Å²) in [4.78, 5) is 11.4. The number of nitrogens with one attached hydrogen (secondary N) is 1. The first-order chi connectivity index (χ1) is 8.74. The molecule has 1 amide bonds. The van der Waals surface area contributed by atoms with Crippen LogP contribution in [-0.2, 0) is 10.9 Å². The minimum absolute atomic E-state index is 0.00843. The smallest absolute Gasteiger partial charge is 0.416 e. The van der Waals surface area contributed by atoms with Crippen LogP contribution >= 0.6 is 11.6 Å². The third-order valence-electron chi connectivity index (χ3n) is 2.41. The van der Waals surface area contributed by atoms with Crippen molar-refractivity contribution in [2.75, 3.05) is 5.32 Å². The molecule has 1 atom stereocenters. The Kier molecular flexibility index (Phi) is 5.05. The zero-order valence-electron chi connectivity index (χ0n) is 10.3. The van der Waals surface area contributed by atoms with Crippen molar-refractivity contribution in [3.63, 3.8) is 0 Å². The number of carbonyl (C=O) groups excluding carboxylic acids is 1. The molecule has 0 heterocycles. The molecular formula is C12H13ClF3NO2. The summed E-state index contributed by atoms with van der Waals surface area (Å²) in [5, 5.41) is 2.20. The maximum Gasteiger partial charge on any atom is 0.416 e. The van der Waals surface area contributed by atoms with Gasteiger partial charge in [-0.25, -0.2) is 4.79 Å². The Morgan fingerprint density at radius 1 is 1.47 bits per heavy atom. The summed E-state index contributed by atoms with van der Waals surface area (Å²) in [5.41, 5.74) is -1.03. The predicted molar refractivity (Wildman–Crippen MR) is 66.3 cm³/mol. The van der Waals surface area contributed by atoms with Gasteiger partial charge in [-0.05, 0) is 31.5 Å². The molecule has 19 heavy (non-hydrogen) atoms. The van der Waals surface area contributed by atoms with Crippen LogP contribution in [0.3, 0.4) is 0 Å². The molecule has 0 saturated heterocycles. The molecule has 1 aromatic rings. The van der Waals surface area contributed by atoms with E-state index in [2.05, 4.69) is 5.32 Å². The lowest BCUT2D eigenvalue weighted by Gasteiger charge is -2.14. The first kappa shape index (κ1) is 15.6. The van der Waals surface area contributed by atoms with Crippen LogP contribution in [0.4, 0.5) is 23.7 Å². The fourth-order valence-corrected chi connectivity index (χ4v) is 1.37. The monoisotopic (exact) mass is 295 g/mol. The summed E-state index contributed by atoms with van der Waals surface area (Å²) < 4.78 is 42.4. The SMILES string of the molecule is CCC(C)OC(=O)Nc1cc(C(F)(F)F)ccc1Cl. The standard InChI is InChI=1S/C12H13ClF3NO2/c1-3-7(2)19-11(18)17-10-6-8(12(14,15)16)4-5-9(10)13/h4-7H,3H2,1-2H3,(H,17,18). The van der Waals surface area contributed by atoms with Crippen molar-refractivity contribution in [3.05, 3.63) is 28.8 Å². The van der Waals surface area contributed by atoms with Gasteiger partial charge < -0.3 is 4.74 Å². The molecule has 1 rings (SSSR count). The average Bonchev–Trinajstić information content (AvgIpc) is 2.30. The molecule has 0 fully saturated rings. The van der Waals surface area contributed by atoms with Crippen molar-refractivity contribution < 1.29 is 22.7 Å². The topological polar surface area (TPSA) is 38.3 Å². The maximum absolute atomic E-state index is 12.5. The lowest BCUT2D eigenvalue weighted by Crippen LogP contribution is -2.20. The number of halogens is 4. The first-order valence-electron chi connectivity index (χ1n) is 5.58. The van der Waals surface area contributed by atoms with Gasteiger partial charge in [-0.3, -0.25) is 5.32 Å². The van der Waals surface area contributed by atoms with Crippen LogP contribution in [-0.4, -0.2) is 12.2 Å². The van der Waals surface area contributed by atoms with Gasteiger partial charge in [0.15, 0.2) is 0 Å². The summed E-state index contributed by atoms with van der Waals surface area (Å²) >= 11 is 5.72. The lowest BCUT2D eigenvalue weighted by molar-refractivity contribution is -0.137. The number of rotatable bonds is 3. The van der Waals surface area contributed by atoms with E-state index in [1.807, 2.05) is 6.92 Å². The van der Waals surface area contributed by atoms with Crippen molar-refractivity contribution >= 4 is 23.4 Å². The quantitative estimate of drug-likeness (QED) is 0.877. The number of hydrogen-bond acceptors (Lipinski definition) is 2. The lowest BCUT2D eigenvalue weighted by atomic mass is 10.2. The van der Waals surface area contributed by atoms with Gasteiger partial charge in [0, 0.05) is 0 Å². The van der Waals surface area contributed by atoms with Crippen LogP contribution in [0.5, 0.6) is 0 Å². The van der Waals surface area contributed by atoms with Crippen LogP contribution in [0, 0.1) is 0 Å². The molecule has 106 valence electrons. The second-order valence-corrected chi connectivity index (χ2v) is 4.35. The number of carbonyl (C=O) groups is 1. The molecule has 0 aliphatic rings. The highest BCUT2D eigenvalue weighted by molar-refractivity contribution is 6.33. The Labute approximate surface area is 113 Å². The molecule has 7 heteroatoms. The number of anilines is 1. The third kappa shape index (κ3) is 4.63. The van der Waals surface area contributed by atoms with Gasteiger partial charge in [0.05, 0.1) is 16.3 Å². The number of alkyl halides is 3. The van der Waals surface area contributed by atoms with E-state index in [9.17, 15) is 18.0 Å². The number of benzene rings is 1. The molecule has 0 aliphatic heterocycles. The van der Waals surface area contributed by atoms with Gasteiger partial charge >= 0.3 is 12.3 Å². The van der Waals surface area contributed by atoms with Crippen molar-refractivity contribution in [2.24, 2.45) is 0 Å². The van der Waals surface area contributed by atoms with E-state index in [1.165, 1.54) is 0 Å². The molecule has 0 saturated carbocycles. The highest BCUT2D eigenvalue weighted by Crippen LogP contribution is 2.33. The van der Waals surface area contributed by atoms with Crippen LogP contribution in [0.25, 0.3) is 0 Å². The van der Waals surface area contributed by atoms with Gasteiger partial charge in [-0.1, -0.05) is 18.5 Å². The average molecular weight is 296 g/mol. The molecule has 0 aromatic heterocycles. The van der Waals surface area contributed by atoms with E-state index < -0.39 is 17.8 Å². The highest BCUT2D eigenvalue weighted by atomic mass is 35.5. The Hall–Kier alpha value is -1.43. The van der Waals surface area contributed by atoms with Crippen molar-refractivity contribution in [3.8, 4) is 0 Å². The fraction of sp³-hybridized carbons (Fsp3) is 0.417. The molecule has 0 aliphatic carbocycles. The first-order valence-corrected chi connectivity index (χ1v) is 5.96. The molecule has 0 spiro atoms. The number of hydrogen-bond donors (Lipinski definition) is 1. The normalized spacial score (nSPS) is 12.9. The van der Waals surface area contributed by atoms with Crippen LogP contribution in [0.1, 0.15) is 25.8 Å². The van der Waals surface area contributed by atoms with Crippen LogP contribution < -0.4 is 5.32 Å². The molecule has 3 nitrogen and oxygen atoms in total. The van der Waals surface area contributed by atoms with Gasteiger partial charge in [0.25, 0.3) is 0 Å². The number of amides is 1. The molecule has 1 aromatic carbocycles. The van der Waals surface area contributed by atoms with E-state index in [0.717, 1.165) is 18.2 Å². The summed E-state index contributed by atoms with van der Waals surface area (Å²) in [6.45, 7) is 3.49. The van der Waals surface area contributed by atoms with Crippen LogP contribution in [0.15, 0.2) is 18.2 Å². The van der Waals surface area contributed by atoms with Crippen molar-refractivity contribution in [1.29, 1.82) is 0 Å². The zero-order chi connectivity index (χ0) is 14.6. The molecule has 0 bridgehead atoms. The summed E-state index contributed by atoms with van der Waals surface area (Å²) in [7, 11) is 0. The second-order valence-electron chi connectivity index (χ2n) is 3.94. The summed E-state index contributed by atoms with van der Waals surface area (Å²) in [5.74, 6) is 0. The number of ether oxygens (including phenoxy) is 1. The predicted octanol–water partition coefficient (Wildman–Crippen LogP) is 4.71. The van der Waals surface area contributed by atoms with E-state index in [1.54, 1.807) is 6.92 Å². The Morgan fingerprint density at radius 2 is 2.11 bits per heavy atom. The Morgan fingerprint density at radius 3 is 2.63 bits per heavy atom. The molecule has 1 N–H and O–H groups in total. The Bertz CT molecular complexity index is 463. The van der Waals surface area contributed by atoms with Gasteiger partial charge in [-0.15, -0.1) is 0 Å². The molecular weight excluding hydrogens is 283 g/mol. The minimum Gasteiger partial charge on any atom is -0.446 e. The van der Waals surface area contributed by atoms with Gasteiger partial charge in [0.1, 0.15) is 6.10 Å². The molecule has 1 unspecified atom stereocenters. The highest BCUT2D eigenvalue weighted by Gasteiger charge is 2.31. The van der Waals surface area contributed by atoms with Crippen molar-refractivity contribution in [1.82, 2.24) is 0 Å². The van der Waals surface area contributed by atoms with Crippen molar-refractivity contribution in [2.45, 2.75) is 32.5 Å². The maximum atomic E-state index is 12.5. The van der Waals surface area contributed by atoms with Gasteiger partial charge in [0.2, 0.25) is 0 Å². The zero-order valence-corrected chi connectivity index (χ0v) is 11.1. The van der Waals surface area contributed by atoms with E-state index in [0.29, 0.717) is 6.42 Å². The largest absolute Gasteiger partial charge is 0.446 e. The van der Waals surface area contributed by atoms with E-state index >= 15 is 0 Å².